The first-order valence-corrected chi connectivity index (χ1v) is 9.01. The smallest absolute Gasteiger partial charge is 0.304 e. The van der Waals surface area contributed by atoms with Gasteiger partial charge in [-0.2, -0.15) is 12.7 Å². The normalized spacial score (nSPS) is 11.3. The first-order chi connectivity index (χ1) is 12.6. The molecule has 0 aliphatic rings. The number of carbonyl (C=O) groups is 1. The predicted octanol–water partition coefficient (Wildman–Crippen LogP) is 1.99. The van der Waals surface area contributed by atoms with Crippen molar-refractivity contribution in [1.29, 1.82) is 0 Å². The highest BCUT2D eigenvalue weighted by atomic mass is 32.2. The number of hydrogen-bond donors (Lipinski definition) is 1. The fourth-order valence-corrected chi connectivity index (χ4v) is 3.24. The van der Waals surface area contributed by atoms with Gasteiger partial charge in [0.05, 0.1) is 10.6 Å². The molecule has 1 amide bonds. The molecule has 0 radical (unpaired) electrons. The molecule has 0 spiro atoms. The second kappa shape index (κ2) is 8.10. The van der Waals surface area contributed by atoms with Gasteiger partial charge in [0.2, 0.25) is 5.91 Å². The Labute approximate surface area is 155 Å². The van der Waals surface area contributed by atoms with E-state index in [1.807, 2.05) is 0 Å². The van der Waals surface area contributed by atoms with Crippen molar-refractivity contribution >= 4 is 33.2 Å². The average Bonchev–Trinajstić information content (AvgIpc) is 2.60. The Morgan fingerprint density at radius 2 is 1.85 bits per heavy atom. The summed E-state index contributed by atoms with van der Waals surface area (Å²) in [4.78, 5) is 22.5. The van der Waals surface area contributed by atoms with E-state index in [9.17, 15) is 27.7 Å². The Morgan fingerprint density at radius 1 is 1.19 bits per heavy atom. The number of benzene rings is 2. The molecule has 0 saturated heterocycles. The van der Waals surface area contributed by atoms with Crippen molar-refractivity contribution in [3.8, 4) is 0 Å². The molecule has 0 unspecified atom stereocenters. The highest BCUT2D eigenvalue weighted by Crippen LogP contribution is 2.23. The lowest BCUT2D eigenvalue weighted by Gasteiger charge is -2.27. The molecule has 0 saturated carbocycles. The van der Waals surface area contributed by atoms with Gasteiger partial charge in [-0.15, -0.1) is 0 Å². The second-order valence-electron chi connectivity index (χ2n) is 5.60. The molecule has 2 rings (SSSR count). The molecule has 2 aromatic rings. The Morgan fingerprint density at radius 3 is 2.44 bits per heavy atom. The molecular weight excluding hydrogens is 379 g/mol. The summed E-state index contributed by atoms with van der Waals surface area (Å²) < 4.78 is 40.6. The lowest BCUT2D eigenvalue weighted by molar-refractivity contribution is -0.384. The predicted molar refractivity (Wildman–Crippen MR) is 98.1 cm³/mol. The quantitative estimate of drug-likeness (QED) is 0.568. The van der Waals surface area contributed by atoms with Crippen LogP contribution in [0.3, 0.4) is 0 Å². The molecule has 9 nitrogen and oxygen atoms in total. The largest absolute Gasteiger partial charge is 0.324 e. The minimum atomic E-state index is -4.17. The Balaban J connectivity index is 2.30. The summed E-state index contributed by atoms with van der Waals surface area (Å²) in [5, 5.41) is 13.2. The molecule has 0 fully saturated rings. The Hall–Kier alpha value is -3.05. The van der Waals surface area contributed by atoms with E-state index in [4.69, 9.17) is 0 Å². The highest BCUT2D eigenvalue weighted by Gasteiger charge is 2.29. The van der Waals surface area contributed by atoms with Crippen LogP contribution in [-0.2, 0) is 15.0 Å². The standard InChI is InChI=1S/C16H17FN4O5S/c1-19(2)27(25,26)20(15-9-4-3-8-14(15)17)11-16(22)18-12-6-5-7-13(10-12)21(23)24/h3-10H,11H2,1-2H3,(H,18,22). The number of rotatable bonds is 7. The van der Waals surface area contributed by atoms with Crippen LogP contribution in [0.25, 0.3) is 0 Å². The number of para-hydroxylation sites is 1. The lowest BCUT2D eigenvalue weighted by atomic mass is 10.2. The third-order valence-electron chi connectivity index (χ3n) is 3.49. The third-order valence-corrected chi connectivity index (χ3v) is 5.29. The number of amides is 1. The molecule has 11 heteroatoms. The first kappa shape index (κ1) is 20.3. The van der Waals surface area contributed by atoms with Crippen LogP contribution >= 0.6 is 0 Å². The van der Waals surface area contributed by atoms with E-state index in [2.05, 4.69) is 5.32 Å². The highest BCUT2D eigenvalue weighted by molar-refractivity contribution is 7.90. The number of anilines is 2. The number of nitrogens with one attached hydrogen (secondary N) is 1. The molecule has 1 N–H and O–H groups in total. The van der Waals surface area contributed by atoms with Crippen LogP contribution in [0.2, 0.25) is 0 Å². The van der Waals surface area contributed by atoms with Gasteiger partial charge >= 0.3 is 10.2 Å². The van der Waals surface area contributed by atoms with Gasteiger partial charge in [0.25, 0.3) is 5.69 Å². The van der Waals surface area contributed by atoms with Gasteiger partial charge in [0, 0.05) is 31.9 Å². The van der Waals surface area contributed by atoms with Crippen molar-refractivity contribution in [2.75, 3.05) is 30.3 Å². The van der Waals surface area contributed by atoms with Gasteiger partial charge in [-0.25, -0.2) is 8.70 Å². The summed E-state index contributed by atoms with van der Waals surface area (Å²) in [6.07, 6.45) is 0. The van der Waals surface area contributed by atoms with Crippen molar-refractivity contribution in [2.45, 2.75) is 0 Å². The maximum atomic E-state index is 14.1. The first-order valence-electron chi connectivity index (χ1n) is 7.62. The fraction of sp³-hybridized carbons (Fsp3) is 0.188. The monoisotopic (exact) mass is 396 g/mol. The number of non-ortho nitro benzene ring substituents is 1. The van der Waals surface area contributed by atoms with Crippen LogP contribution in [-0.4, -0.2) is 44.2 Å². The minimum Gasteiger partial charge on any atom is -0.324 e. The zero-order chi connectivity index (χ0) is 20.2. The van der Waals surface area contributed by atoms with E-state index in [1.54, 1.807) is 0 Å². The second-order valence-corrected chi connectivity index (χ2v) is 7.67. The molecule has 0 aromatic heterocycles. The molecule has 0 aliphatic carbocycles. The molecule has 0 atom stereocenters. The SMILES string of the molecule is CN(C)S(=O)(=O)N(CC(=O)Nc1cccc([N+](=O)[O-])c1)c1ccccc1F. The summed E-state index contributed by atoms with van der Waals surface area (Å²) in [5.74, 6) is -1.60. The molecule has 2 aromatic carbocycles. The van der Waals surface area contributed by atoms with E-state index < -0.39 is 33.4 Å². The number of nitrogens with zero attached hydrogens (tertiary/aromatic N) is 3. The van der Waals surface area contributed by atoms with Gasteiger partial charge in [0.1, 0.15) is 12.4 Å². The summed E-state index contributed by atoms with van der Waals surface area (Å²) in [6, 6.07) is 10.3. The van der Waals surface area contributed by atoms with Gasteiger partial charge in [0.15, 0.2) is 0 Å². The zero-order valence-corrected chi connectivity index (χ0v) is 15.3. The Bertz CT molecular complexity index is 965. The maximum Gasteiger partial charge on any atom is 0.304 e. The van der Waals surface area contributed by atoms with E-state index >= 15 is 0 Å². The van der Waals surface area contributed by atoms with Crippen LogP contribution in [0.15, 0.2) is 48.5 Å². The molecule has 0 heterocycles. The van der Waals surface area contributed by atoms with Gasteiger partial charge in [-0.1, -0.05) is 18.2 Å². The van der Waals surface area contributed by atoms with E-state index in [0.29, 0.717) is 4.31 Å². The summed E-state index contributed by atoms with van der Waals surface area (Å²) >= 11 is 0. The van der Waals surface area contributed by atoms with E-state index in [-0.39, 0.29) is 17.1 Å². The van der Waals surface area contributed by atoms with Gasteiger partial charge < -0.3 is 5.32 Å². The molecule has 0 bridgehead atoms. The molecule has 144 valence electrons. The minimum absolute atomic E-state index is 0.116. The van der Waals surface area contributed by atoms with Crippen LogP contribution in [0.5, 0.6) is 0 Å². The summed E-state index contributed by atoms with van der Waals surface area (Å²) in [6.45, 7) is -0.718. The number of nitro groups is 1. The molecular formula is C16H17FN4O5S. The summed E-state index contributed by atoms with van der Waals surface area (Å²) in [7, 11) is -1.66. The van der Waals surface area contributed by atoms with E-state index in [1.165, 1.54) is 50.5 Å². The Kier molecular flexibility index (Phi) is 6.08. The van der Waals surface area contributed by atoms with Crippen LogP contribution in [0.4, 0.5) is 21.5 Å². The topological polar surface area (TPSA) is 113 Å². The average molecular weight is 396 g/mol. The van der Waals surface area contributed by atoms with Crippen molar-refractivity contribution in [1.82, 2.24) is 4.31 Å². The maximum absolute atomic E-state index is 14.1. The van der Waals surface area contributed by atoms with Crippen LogP contribution < -0.4 is 9.62 Å². The van der Waals surface area contributed by atoms with Crippen molar-refractivity contribution in [2.24, 2.45) is 0 Å². The lowest BCUT2D eigenvalue weighted by Crippen LogP contribution is -2.44. The van der Waals surface area contributed by atoms with Gasteiger partial charge in [-0.05, 0) is 18.2 Å². The van der Waals surface area contributed by atoms with E-state index in [0.717, 1.165) is 16.4 Å². The number of carbonyl (C=O) groups excluding carboxylic acids is 1. The number of nitro benzene ring substituents is 1. The van der Waals surface area contributed by atoms with Gasteiger partial charge in [-0.3, -0.25) is 14.9 Å². The van der Waals surface area contributed by atoms with Crippen molar-refractivity contribution in [3.63, 3.8) is 0 Å². The van der Waals surface area contributed by atoms with Crippen LogP contribution in [0, 0.1) is 15.9 Å². The molecule has 0 aliphatic heterocycles. The number of halogens is 1. The van der Waals surface area contributed by atoms with Crippen molar-refractivity contribution < 1.29 is 22.5 Å². The molecule has 27 heavy (non-hydrogen) atoms. The fourth-order valence-electron chi connectivity index (χ4n) is 2.17. The van der Waals surface area contributed by atoms with Crippen LogP contribution in [0.1, 0.15) is 0 Å². The number of hydrogen-bond acceptors (Lipinski definition) is 5. The third kappa shape index (κ3) is 4.77. The zero-order valence-electron chi connectivity index (χ0n) is 14.5. The van der Waals surface area contributed by atoms with Crippen molar-refractivity contribution in [3.05, 3.63) is 64.5 Å². The summed E-state index contributed by atoms with van der Waals surface area (Å²) in [5.41, 5.74) is -0.412.